The van der Waals surface area contributed by atoms with Crippen LogP contribution in [-0.4, -0.2) is 52.2 Å². The Morgan fingerprint density at radius 2 is 2.10 bits per heavy atom. The van der Waals surface area contributed by atoms with Crippen molar-refractivity contribution in [3.8, 4) is 0 Å². The summed E-state index contributed by atoms with van der Waals surface area (Å²) in [6, 6.07) is 2.37. The minimum Gasteiger partial charge on any atom is -0.477 e. The highest BCUT2D eigenvalue weighted by Crippen LogP contribution is 2.21. The van der Waals surface area contributed by atoms with Crippen LogP contribution < -0.4 is 10.0 Å². The lowest BCUT2D eigenvalue weighted by Gasteiger charge is -2.06. The number of nitrogens with one attached hydrogen (secondary N) is 2. The van der Waals surface area contributed by atoms with Crippen molar-refractivity contribution in [1.29, 1.82) is 0 Å². The van der Waals surface area contributed by atoms with Gasteiger partial charge in [0.2, 0.25) is 5.91 Å². The molecule has 1 heterocycles. The first-order valence-electron chi connectivity index (χ1n) is 5.45. The maximum atomic E-state index is 11.8. The first kappa shape index (κ1) is 16.6. The molecule has 0 aliphatic carbocycles. The largest absolute Gasteiger partial charge is 0.477 e. The molecule has 0 spiro atoms. The molecule has 0 fully saturated rings. The fourth-order valence-electron chi connectivity index (χ4n) is 1.17. The summed E-state index contributed by atoms with van der Waals surface area (Å²) in [5.74, 6) is -1.70. The number of carboxylic acid groups (broad SMARTS) is 1. The Morgan fingerprint density at radius 1 is 1.40 bits per heavy atom. The van der Waals surface area contributed by atoms with Gasteiger partial charge < -0.3 is 15.2 Å². The number of amides is 1. The molecule has 0 saturated carbocycles. The molecular weight excluding hydrogens is 308 g/mol. The SMILES string of the molecule is COCCNC(=O)CNS(=O)(=O)c1ccc(C(=O)O)s1. The standard InChI is InChI=1S/C10H14N2O6S2/c1-18-5-4-11-8(13)6-12-20(16,17)9-3-2-7(19-9)10(14)15/h2-3,12H,4-6H2,1H3,(H,11,13)(H,14,15). The number of sulfonamides is 1. The molecule has 0 atom stereocenters. The van der Waals surface area contributed by atoms with E-state index in [-0.39, 0.29) is 15.6 Å². The highest BCUT2D eigenvalue weighted by molar-refractivity contribution is 7.91. The summed E-state index contributed by atoms with van der Waals surface area (Å²) in [4.78, 5) is 21.9. The molecule has 8 nitrogen and oxygen atoms in total. The molecule has 20 heavy (non-hydrogen) atoms. The first-order chi connectivity index (χ1) is 9.36. The number of hydrogen-bond donors (Lipinski definition) is 3. The van der Waals surface area contributed by atoms with Gasteiger partial charge in [0.25, 0.3) is 10.0 Å². The lowest BCUT2D eigenvalue weighted by Crippen LogP contribution is -2.37. The number of carbonyl (C=O) groups is 2. The van der Waals surface area contributed by atoms with E-state index in [0.29, 0.717) is 17.9 Å². The van der Waals surface area contributed by atoms with Gasteiger partial charge in [0.05, 0.1) is 13.2 Å². The van der Waals surface area contributed by atoms with Gasteiger partial charge in [-0.3, -0.25) is 4.79 Å². The van der Waals surface area contributed by atoms with E-state index >= 15 is 0 Å². The number of carbonyl (C=O) groups excluding carboxylic acids is 1. The molecule has 112 valence electrons. The lowest BCUT2D eigenvalue weighted by atomic mass is 10.5. The van der Waals surface area contributed by atoms with Gasteiger partial charge in [0.15, 0.2) is 0 Å². The second kappa shape index (κ2) is 7.33. The van der Waals surface area contributed by atoms with Crippen LogP contribution >= 0.6 is 11.3 Å². The summed E-state index contributed by atoms with van der Waals surface area (Å²) < 4.78 is 30.3. The van der Waals surface area contributed by atoms with Crippen LogP contribution in [0.2, 0.25) is 0 Å². The third-order valence-corrected chi connectivity index (χ3v) is 5.07. The summed E-state index contributed by atoms with van der Waals surface area (Å²) in [5.41, 5.74) is 0. The number of hydrogen-bond acceptors (Lipinski definition) is 6. The van der Waals surface area contributed by atoms with Crippen LogP contribution in [0, 0.1) is 0 Å². The molecule has 1 aromatic heterocycles. The molecule has 0 saturated heterocycles. The monoisotopic (exact) mass is 322 g/mol. The second-order valence-electron chi connectivity index (χ2n) is 3.59. The third-order valence-electron chi connectivity index (χ3n) is 2.11. The quantitative estimate of drug-likeness (QED) is 0.554. The first-order valence-corrected chi connectivity index (χ1v) is 7.75. The van der Waals surface area contributed by atoms with Gasteiger partial charge in [-0.15, -0.1) is 11.3 Å². The van der Waals surface area contributed by atoms with Crippen LogP contribution in [0.1, 0.15) is 9.67 Å². The highest BCUT2D eigenvalue weighted by Gasteiger charge is 2.19. The number of ether oxygens (including phenoxy) is 1. The number of methoxy groups -OCH3 is 1. The van der Waals surface area contributed by atoms with Gasteiger partial charge in [-0.25, -0.2) is 17.9 Å². The van der Waals surface area contributed by atoms with Crippen LogP contribution in [0.15, 0.2) is 16.3 Å². The van der Waals surface area contributed by atoms with E-state index in [0.717, 1.165) is 0 Å². The minimum absolute atomic E-state index is 0.0880. The van der Waals surface area contributed by atoms with E-state index in [1.807, 2.05) is 0 Å². The van der Waals surface area contributed by atoms with Crippen molar-refractivity contribution in [2.75, 3.05) is 26.8 Å². The smallest absolute Gasteiger partial charge is 0.345 e. The zero-order valence-corrected chi connectivity index (χ0v) is 12.2. The van der Waals surface area contributed by atoms with E-state index in [4.69, 9.17) is 9.84 Å². The fourth-order valence-corrected chi connectivity index (χ4v) is 3.34. The van der Waals surface area contributed by atoms with E-state index in [2.05, 4.69) is 10.0 Å². The Kier molecular flexibility index (Phi) is 6.07. The van der Waals surface area contributed by atoms with Crippen LogP contribution in [-0.2, 0) is 19.6 Å². The zero-order valence-electron chi connectivity index (χ0n) is 10.6. The number of aromatic carboxylic acids is 1. The lowest BCUT2D eigenvalue weighted by molar-refractivity contribution is -0.120. The second-order valence-corrected chi connectivity index (χ2v) is 6.67. The predicted molar refractivity (Wildman–Crippen MR) is 71.4 cm³/mol. The highest BCUT2D eigenvalue weighted by atomic mass is 32.2. The number of thiophene rings is 1. The molecule has 1 amide bonds. The average Bonchev–Trinajstić information content (AvgIpc) is 2.87. The normalized spacial score (nSPS) is 11.2. The fraction of sp³-hybridized carbons (Fsp3) is 0.400. The minimum atomic E-state index is -3.89. The molecule has 10 heteroatoms. The van der Waals surface area contributed by atoms with Crippen LogP contribution in [0.25, 0.3) is 0 Å². The van der Waals surface area contributed by atoms with Crippen molar-refractivity contribution in [1.82, 2.24) is 10.0 Å². The molecule has 0 aromatic carbocycles. The van der Waals surface area contributed by atoms with E-state index < -0.39 is 28.4 Å². The average molecular weight is 322 g/mol. The van der Waals surface area contributed by atoms with Crippen molar-refractivity contribution in [2.45, 2.75) is 4.21 Å². The van der Waals surface area contributed by atoms with Gasteiger partial charge in [-0.05, 0) is 12.1 Å². The van der Waals surface area contributed by atoms with E-state index in [9.17, 15) is 18.0 Å². The molecule has 0 unspecified atom stereocenters. The van der Waals surface area contributed by atoms with Crippen LogP contribution in [0.4, 0.5) is 0 Å². The Labute approximate surface area is 119 Å². The third kappa shape index (κ3) is 4.89. The van der Waals surface area contributed by atoms with Gasteiger partial charge in [-0.2, -0.15) is 0 Å². The van der Waals surface area contributed by atoms with Crippen molar-refractivity contribution in [3.63, 3.8) is 0 Å². The maximum Gasteiger partial charge on any atom is 0.345 e. The van der Waals surface area contributed by atoms with Crippen LogP contribution in [0.5, 0.6) is 0 Å². The molecule has 0 aliphatic heterocycles. The van der Waals surface area contributed by atoms with Gasteiger partial charge in [0, 0.05) is 13.7 Å². The Morgan fingerprint density at radius 3 is 2.65 bits per heavy atom. The summed E-state index contributed by atoms with van der Waals surface area (Å²) in [6.07, 6.45) is 0. The van der Waals surface area contributed by atoms with E-state index in [1.54, 1.807) is 0 Å². The Bertz CT molecular complexity index is 580. The summed E-state index contributed by atoms with van der Waals surface area (Å²) in [6.45, 7) is 0.178. The van der Waals surface area contributed by atoms with Crippen LogP contribution in [0.3, 0.4) is 0 Å². The summed E-state index contributed by atoms with van der Waals surface area (Å²) in [7, 11) is -2.41. The van der Waals surface area contributed by atoms with Gasteiger partial charge in [0.1, 0.15) is 9.09 Å². The zero-order chi connectivity index (χ0) is 15.2. The Balaban J connectivity index is 2.56. The summed E-state index contributed by atoms with van der Waals surface area (Å²) >= 11 is 0.619. The Hall–Kier alpha value is -1.49. The van der Waals surface area contributed by atoms with Crippen molar-refractivity contribution >= 4 is 33.2 Å². The number of carboxylic acids is 1. The topological polar surface area (TPSA) is 122 Å². The van der Waals surface area contributed by atoms with Crippen molar-refractivity contribution in [3.05, 3.63) is 17.0 Å². The summed E-state index contributed by atoms with van der Waals surface area (Å²) in [5, 5.41) is 11.2. The molecule has 0 aliphatic rings. The molecule has 0 radical (unpaired) electrons. The maximum absolute atomic E-state index is 11.8. The van der Waals surface area contributed by atoms with Crippen molar-refractivity contribution in [2.24, 2.45) is 0 Å². The predicted octanol–water partition coefficient (Wildman–Crippen LogP) is -0.513. The number of rotatable bonds is 8. The molecular formula is C10H14N2O6S2. The van der Waals surface area contributed by atoms with Crippen molar-refractivity contribution < 1.29 is 27.9 Å². The molecule has 1 aromatic rings. The van der Waals surface area contributed by atoms with Gasteiger partial charge in [-0.1, -0.05) is 0 Å². The van der Waals surface area contributed by atoms with Gasteiger partial charge >= 0.3 is 5.97 Å². The molecule has 0 bridgehead atoms. The molecule has 1 rings (SSSR count). The van der Waals surface area contributed by atoms with E-state index in [1.165, 1.54) is 19.2 Å². The molecule has 3 N–H and O–H groups in total.